The molecule has 0 aliphatic rings. The Balaban J connectivity index is 2.29. The summed E-state index contributed by atoms with van der Waals surface area (Å²) in [7, 11) is 1.60. The van der Waals surface area contributed by atoms with Crippen molar-refractivity contribution in [2.75, 3.05) is 32.1 Å². The number of rotatable bonds is 9. The van der Waals surface area contributed by atoms with Gasteiger partial charge in [0.15, 0.2) is 0 Å². The summed E-state index contributed by atoms with van der Waals surface area (Å²) in [5.74, 6) is 0.730. The maximum Gasteiger partial charge on any atom is 0.221 e. The number of carbonyl (C=O) groups is 1. The van der Waals surface area contributed by atoms with E-state index in [0.717, 1.165) is 18.5 Å². The fourth-order valence-corrected chi connectivity index (χ4v) is 1.89. The predicted octanol–water partition coefficient (Wildman–Crippen LogP) is 2.01. The molecule has 20 heavy (non-hydrogen) atoms. The van der Waals surface area contributed by atoms with Gasteiger partial charge in [-0.15, -0.1) is 0 Å². The van der Waals surface area contributed by atoms with E-state index in [-0.39, 0.29) is 5.91 Å². The largest absolute Gasteiger partial charge is 0.495 e. The van der Waals surface area contributed by atoms with Crippen molar-refractivity contribution in [1.82, 2.24) is 5.32 Å². The van der Waals surface area contributed by atoms with Crippen LogP contribution < -0.4 is 21.1 Å². The van der Waals surface area contributed by atoms with Crippen LogP contribution in [0.2, 0.25) is 5.02 Å². The lowest BCUT2D eigenvalue weighted by Crippen LogP contribution is -2.26. The molecule has 6 heteroatoms. The zero-order valence-electron chi connectivity index (χ0n) is 11.7. The molecule has 112 valence electrons. The average Bonchev–Trinajstić information content (AvgIpc) is 2.44. The van der Waals surface area contributed by atoms with Crippen molar-refractivity contribution in [2.24, 2.45) is 5.73 Å². The highest BCUT2D eigenvalue weighted by Gasteiger charge is 2.05. The first-order valence-corrected chi connectivity index (χ1v) is 7.09. The summed E-state index contributed by atoms with van der Waals surface area (Å²) in [4.78, 5) is 11.6. The minimum Gasteiger partial charge on any atom is -0.495 e. The second-order valence-electron chi connectivity index (χ2n) is 4.37. The van der Waals surface area contributed by atoms with E-state index in [1.165, 1.54) is 0 Å². The summed E-state index contributed by atoms with van der Waals surface area (Å²) < 4.78 is 5.22. The Morgan fingerprint density at radius 1 is 1.35 bits per heavy atom. The van der Waals surface area contributed by atoms with Crippen molar-refractivity contribution in [3.63, 3.8) is 0 Å². The molecule has 0 aliphatic heterocycles. The number of ether oxygens (including phenoxy) is 1. The third-order valence-electron chi connectivity index (χ3n) is 2.78. The van der Waals surface area contributed by atoms with Crippen LogP contribution in [0.15, 0.2) is 18.2 Å². The lowest BCUT2D eigenvalue weighted by molar-refractivity contribution is -0.120. The Morgan fingerprint density at radius 3 is 2.85 bits per heavy atom. The quantitative estimate of drug-likeness (QED) is 0.610. The molecule has 0 aliphatic carbocycles. The average molecular weight is 300 g/mol. The van der Waals surface area contributed by atoms with Crippen molar-refractivity contribution in [3.05, 3.63) is 23.2 Å². The molecule has 0 fully saturated rings. The molecule has 1 aromatic carbocycles. The van der Waals surface area contributed by atoms with E-state index in [1.54, 1.807) is 25.3 Å². The smallest absolute Gasteiger partial charge is 0.221 e. The van der Waals surface area contributed by atoms with Gasteiger partial charge in [-0.05, 0) is 37.6 Å². The maximum atomic E-state index is 11.6. The van der Waals surface area contributed by atoms with Gasteiger partial charge in [0.05, 0.1) is 12.8 Å². The van der Waals surface area contributed by atoms with E-state index in [2.05, 4.69) is 10.6 Å². The maximum absolute atomic E-state index is 11.6. The summed E-state index contributed by atoms with van der Waals surface area (Å²) in [6.45, 7) is 1.86. The summed E-state index contributed by atoms with van der Waals surface area (Å²) in [5.41, 5.74) is 6.17. The number of unbranched alkanes of at least 4 members (excludes halogenated alkanes) is 1. The van der Waals surface area contributed by atoms with Gasteiger partial charge in [0.2, 0.25) is 5.91 Å². The molecule has 0 spiro atoms. The number of amides is 1. The number of carbonyl (C=O) groups excluding carboxylic acids is 1. The van der Waals surface area contributed by atoms with Gasteiger partial charge in [-0.3, -0.25) is 4.79 Å². The van der Waals surface area contributed by atoms with Gasteiger partial charge in [-0.25, -0.2) is 0 Å². The first kappa shape index (κ1) is 16.6. The molecular weight excluding hydrogens is 278 g/mol. The normalized spacial score (nSPS) is 10.2. The summed E-state index contributed by atoms with van der Waals surface area (Å²) in [6.07, 6.45) is 2.24. The van der Waals surface area contributed by atoms with Crippen molar-refractivity contribution >= 4 is 23.2 Å². The van der Waals surface area contributed by atoms with Crippen LogP contribution in [0.5, 0.6) is 5.75 Å². The van der Waals surface area contributed by atoms with Gasteiger partial charge in [0.1, 0.15) is 5.75 Å². The Labute approximate surface area is 124 Å². The fraction of sp³-hybridized carbons (Fsp3) is 0.500. The molecule has 0 aromatic heterocycles. The fourth-order valence-electron chi connectivity index (χ4n) is 1.71. The topological polar surface area (TPSA) is 76.4 Å². The van der Waals surface area contributed by atoms with Crippen LogP contribution >= 0.6 is 11.6 Å². The molecule has 0 heterocycles. The number of hydrogen-bond acceptors (Lipinski definition) is 4. The van der Waals surface area contributed by atoms with Crippen LogP contribution in [0.25, 0.3) is 0 Å². The number of hydrogen-bond donors (Lipinski definition) is 3. The van der Waals surface area contributed by atoms with Gasteiger partial charge >= 0.3 is 0 Å². The van der Waals surface area contributed by atoms with Gasteiger partial charge in [-0.1, -0.05) is 11.6 Å². The summed E-state index contributed by atoms with van der Waals surface area (Å²) in [5, 5.41) is 6.62. The highest BCUT2D eigenvalue weighted by molar-refractivity contribution is 6.30. The van der Waals surface area contributed by atoms with Crippen molar-refractivity contribution in [3.8, 4) is 5.75 Å². The number of halogens is 1. The number of anilines is 1. The molecule has 0 saturated heterocycles. The molecule has 4 N–H and O–H groups in total. The highest BCUT2D eigenvalue weighted by Crippen LogP contribution is 2.27. The van der Waals surface area contributed by atoms with E-state index in [1.807, 2.05) is 0 Å². The molecular formula is C14H22ClN3O2. The van der Waals surface area contributed by atoms with Gasteiger partial charge in [0, 0.05) is 24.5 Å². The number of nitrogens with one attached hydrogen (secondary N) is 2. The summed E-state index contributed by atoms with van der Waals surface area (Å²) in [6, 6.07) is 5.33. The Morgan fingerprint density at radius 2 is 2.15 bits per heavy atom. The van der Waals surface area contributed by atoms with Gasteiger partial charge in [-0.2, -0.15) is 0 Å². The lowest BCUT2D eigenvalue weighted by atomic mass is 10.2. The number of methoxy groups -OCH3 is 1. The first-order valence-electron chi connectivity index (χ1n) is 6.71. The van der Waals surface area contributed by atoms with Crippen LogP contribution in [0, 0.1) is 0 Å². The van der Waals surface area contributed by atoms with Crippen LogP contribution in [-0.4, -0.2) is 32.7 Å². The molecule has 5 nitrogen and oxygen atoms in total. The molecule has 1 amide bonds. The SMILES string of the molecule is COc1ccc(Cl)cc1NCCC(=O)NCCCCN. The van der Waals surface area contributed by atoms with Gasteiger partial charge < -0.3 is 21.1 Å². The first-order chi connectivity index (χ1) is 9.67. The number of nitrogens with two attached hydrogens (primary N) is 1. The molecule has 0 saturated carbocycles. The third kappa shape index (κ3) is 6.12. The van der Waals surface area contributed by atoms with E-state index in [0.29, 0.717) is 36.8 Å². The van der Waals surface area contributed by atoms with Crippen molar-refractivity contribution in [2.45, 2.75) is 19.3 Å². The minimum absolute atomic E-state index is 0.0236. The van der Waals surface area contributed by atoms with Crippen molar-refractivity contribution in [1.29, 1.82) is 0 Å². The monoisotopic (exact) mass is 299 g/mol. The standard InChI is InChI=1S/C14H22ClN3O2/c1-20-13-5-4-11(15)10-12(13)17-9-6-14(19)18-8-3-2-7-16/h4-5,10,17H,2-3,6-9,16H2,1H3,(H,18,19). The third-order valence-corrected chi connectivity index (χ3v) is 3.02. The van der Waals surface area contributed by atoms with E-state index in [4.69, 9.17) is 22.1 Å². The highest BCUT2D eigenvalue weighted by atomic mass is 35.5. The molecule has 0 atom stereocenters. The van der Waals surface area contributed by atoms with E-state index < -0.39 is 0 Å². The Kier molecular flexibility index (Phi) is 7.84. The van der Waals surface area contributed by atoms with Crippen LogP contribution in [0.4, 0.5) is 5.69 Å². The van der Waals surface area contributed by atoms with Gasteiger partial charge in [0.25, 0.3) is 0 Å². The Bertz CT molecular complexity index is 427. The van der Waals surface area contributed by atoms with Crippen LogP contribution in [0.3, 0.4) is 0 Å². The zero-order valence-corrected chi connectivity index (χ0v) is 12.5. The summed E-state index contributed by atoms with van der Waals surface area (Å²) >= 11 is 5.93. The molecule has 0 radical (unpaired) electrons. The molecule has 0 bridgehead atoms. The van der Waals surface area contributed by atoms with Crippen molar-refractivity contribution < 1.29 is 9.53 Å². The second kappa shape index (κ2) is 9.44. The zero-order chi connectivity index (χ0) is 14.8. The van der Waals surface area contributed by atoms with E-state index in [9.17, 15) is 4.79 Å². The second-order valence-corrected chi connectivity index (χ2v) is 4.80. The van der Waals surface area contributed by atoms with Crippen LogP contribution in [0.1, 0.15) is 19.3 Å². The molecule has 1 rings (SSSR count). The Hall–Kier alpha value is -1.46. The van der Waals surface area contributed by atoms with E-state index >= 15 is 0 Å². The van der Waals surface area contributed by atoms with Crippen LogP contribution in [-0.2, 0) is 4.79 Å². The lowest BCUT2D eigenvalue weighted by Gasteiger charge is -2.11. The number of benzene rings is 1. The molecule has 1 aromatic rings. The predicted molar refractivity (Wildman–Crippen MR) is 82.4 cm³/mol. The minimum atomic E-state index is 0.0236. The molecule has 0 unspecified atom stereocenters.